The topological polar surface area (TPSA) is 95.9 Å². The van der Waals surface area contributed by atoms with Crippen LogP contribution in [-0.2, 0) is 14.3 Å². The number of carbonyl (C=O) groups excluding carboxylic acids is 2. The van der Waals surface area contributed by atoms with Crippen molar-refractivity contribution < 1.29 is 24.5 Å². The minimum atomic E-state index is -0.810. The molecule has 360 valence electrons. The average Bonchev–Trinajstić information content (AvgIpc) is 3.28. The molecule has 0 bridgehead atoms. The molecule has 0 aromatic rings. The Kier molecular flexibility index (Phi) is 47.2. The van der Waals surface area contributed by atoms with E-state index < -0.39 is 18.2 Å². The summed E-state index contributed by atoms with van der Waals surface area (Å²) in [6, 6.07) is -0.729. The molecule has 0 aliphatic carbocycles. The molecule has 0 fully saturated rings. The van der Waals surface area contributed by atoms with Gasteiger partial charge in [-0.15, -0.1) is 0 Å². The van der Waals surface area contributed by atoms with Crippen molar-refractivity contribution in [2.24, 2.45) is 0 Å². The van der Waals surface area contributed by atoms with Gasteiger partial charge in [0.25, 0.3) is 0 Å². The zero-order chi connectivity index (χ0) is 45.9. The largest absolute Gasteiger partial charge is 0.462 e. The van der Waals surface area contributed by atoms with Crippen LogP contribution in [0.3, 0.4) is 0 Å². The van der Waals surface area contributed by atoms with Gasteiger partial charge in [-0.2, -0.15) is 0 Å². The third kappa shape index (κ3) is 45.2. The highest BCUT2D eigenvalue weighted by Gasteiger charge is 2.24. The maximum Gasteiger partial charge on any atom is 0.306 e. The molecule has 0 aromatic heterocycles. The van der Waals surface area contributed by atoms with Crippen molar-refractivity contribution in [3.63, 3.8) is 0 Å². The quantitative estimate of drug-likeness (QED) is 0.0245. The molecule has 3 atom stereocenters. The van der Waals surface area contributed by atoms with Crippen LogP contribution in [0.25, 0.3) is 0 Å². The molecular weight excluding hydrogens is 779 g/mol. The van der Waals surface area contributed by atoms with Crippen LogP contribution in [0.2, 0.25) is 0 Å². The first-order chi connectivity index (χ1) is 31.0. The number of amides is 1. The molecule has 6 heteroatoms. The zero-order valence-corrected chi connectivity index (χ0v) is 40.9. The predicted octanol–water partition coefficient (Wildman–Crippen LogP) is 15.7. The fourth-order valence-electron chi connectivity index (χ4n) is 7.29. The monoisotopic (exact) mass is 876 g/mol. The molecule has 1 amide bonds. The Morgan fingerprint density at radius 2 is 0.937 bits per heavy atom. The van der Waals surface area contributed by atoms with Crippen LogP contribution in [0, 0.1) is 0 Å². The summed E-state index contributed by atoms with van der Waals surface area (Å²) < 4.78 is 5.90. The van der Waals surface area contributed by atoms with Crippen molar-refractivity contribution in [3.05, 3.63) is 97.2 Å². The van der Waals surface area contributed by atoms with Crippen LogP contribution in [-0.4, -0.2) is 46.9 Å². The summed E-state index contributed by atoms with van der Waals surface area (Å²) in [7, 11) is 0. The Morgan fingerprint density at radius 1 is 0.492 bits per heavy atom. The van der Waals surface area contributed by atoms with Gasteiger partial charge in [-0.3, -0.25) is 9.59 Å². The van der Waals surface area contributed by atoms with E-state index in [0.29, 0.717) is 19.3 Å². The molecule has 0 heterocycles. The number of hydrogen-bond donors (Lipinski definition) is 3. The number of rotatable bonds is 45. The number of allylic oxidation sites excluding steroid dienone is 16. The second-order valence-corrected chi connectivity index (χ2v) is 17.2. The van der Waals surface area contributed by atoms with E-state index in [1.54, 1.807) is 0 Å². The molecule has 3 unspecified atom stereocenters. The number of nitrogens with one attached hydrogen (secondary N) is 1. The van der Waals surface area contributed by atoms with Crippen molar-refractivity contribution in [1.29, 1.82) is 0 Å². The highest BCUT2D eigenvalue weighted by Crippen LogP contribution is 2.16. The third-order valence-electron chi connectivity index (χ3n) is 11.2. The van der Waals surface area contributed by atoms with Gasteiger partial charge in [-0.1, -0.05) is 221 Å². The molecule has 6 nitrogen and oxygen atoms in total. The molecule has 0 radical (unpaired) electrons. The second kappa shape index (κ2) is 49.8. The number of aliphatic hydroxyl groups is 2. The molecular formula is C57H97NO5. The first kappa shape index (κ1) is 59.8. The van der Waals surface area contributed by atoms with Gasteiger partial charge in [0.05, 0.1) is 25.2 Å². The van der Waals surface area contributed by atoms with Crippen LogP contribution in [0.1, 0.15) is 226 Å². The Hall–Kier alpha value is -3.22. The van der Waals surface area contributed by atoms with Crippen LogP contribution in [0.15, 0.2) is 97.2 Å². The van der Waals surface area contributed by atoms with Gasteiger partial charge in [0.2, 0.25) is 5.91 Å². The standard InChI is InChI=1S/C57H97NO5/c1-4-7-10-13-16-19-21-23-25-27-29-31-33-35-38-41-44-47-50-57(62)63-53(48-45-42-39-37-34-32-30-28-26-24-22-20-17-14-11-8-5-2)51-56(61)58-54(52-59)55(60)49-46-43-40-36-18-15-12-9-6-3/h8,11,17,20-21,23-27,29-32,37,39,53-55,59-60H,4-7,9-10,12-16,18-19,22,28,33-36,38,40-52H2,1-3H3,(H,58,61)/b11-8-,20-17-,23-21+,26-24-,27-25+,31-29+,32-30-,39-37-. The summed E-state index contributed by atoms with van der Waals surface area (Å²) >= 11 is 0. The number of unbranched alkanes of at least 4 members (excludes halogenated alkanes) is 19. The zero-order valence-electron chi connectivity index (χ0n) is 40.9. The molecule has 0 aliphatic heterocycles. The van der Waals surface area contributed by atoms with Crippen LogP contribution in [0.4, 0.5) is 0 Å². The lowest BCUT2D eigenvalue weighted by molar-refractivity contribution is -0.151. The average molecular weight is 876 g/mol. The van der Waals surface area contributed by atoms with Gasteiger partial charge >= 0.3 is 5.97 Å². The normalized spacial score (nSPS) is 14.0. The predicted molar refractivity (Wildman–Crippen MR) is 273 cm³/mol. The van der Waals surface area contributed by atoms with Gasteiger partial charge in [-0.25, -0.2) is 0 Å². The molecule has 0 aromatic carbocycles. The van der Waals surface area contributed by atoms with Gasteiger partial charge in [0, 0.05) is 6.42 Å². The molecule has 0 aliphatic rings. The molecule has 3 N–H and O–H groups in total. The van der Waals surface area contributed by atoms with Crippen LogP contribution < -0.4 is 5.32 Å². The lowest BCUT2D eigenvalue weighted by Gasteiger charge is -2.24. The van der Waals surface area contributed by atoms with Crippen molar-refractivity contribution in [2.75, 3.05) is 6.61 Å². The highest BCUT2D eigenvalue weighted by molar-refractivity contribution is 5.77. The van der Waals surface area contributed by atoms with E-state index in [4.69, 9.17) is 4.74 Å². The third-order valence-corrected chi connectivity index (χ3v) is 11.2. The van der Waals surface area contributed by atoms with E-state index in [-0.39, 0.29) is 24.9 Å². The van der Waals surface area contributed by atoms with Crippen molar-refractivity contribution in [2.45, 2.75) is 244 Å². The van der Waals surface area contributed by atoms with E-state index >= 15 is 0 Å². The second-order valence-electron chi connectivity index (χ2n) is 17.2. The van der Waals surface area contributed by atoms with Crippen molar-refractivity contribution in [3.8, 4) is 0 Å². The van der Waals surface area contributed by atoms with Gasteiger partial charge < -0.3 is 20.3 Å². The molecule has 0 spiro atoms. The van der Waals surface area contributed by atoms with Crippen molar-refractivity contribution >= 4 is 11.9 Å². The first-order valence-electron chi connectivity index (χ1n) is 26.0. The highest BCUT2D eigenvalue weighted by atomic mass is 16.5. The summed E-state index contributed by atoms with van der Waals surface area (Å²) in [6.07, 6.45) is 66.1. The van der Waals surface area contributed by atoms with Gasteiger partial charge in [0.1, 0.15) is 6.10 Å². The van der Waals surface area contributed by atoms with Crippen LogP contribution in [0.5, 0.6) is 0 Å². The number of ether oxygens (including phenoxy) is 1. The van der Waals surface area contributed by atoms with Crippen molar-refractivity contribution in [1.82, 2.24) is 5.32 Å². The smallest absolute Gasteiger partial charge is 0.306 e. The summed E-state index contributed by atoms with van der Waals surface area (Å²) in [5, 5.41) is 23.7. The lowest BCUT2D eigenvalue weighted by Crippen LogP contribution is -2.46. The summed E-state index contributed by atoms with van der Waals surface area (Å²) in [6.45, 7) is 6.30. The first-order valence-corrected chi connectivity index (χ1v) is 26.0. The number of aliphatic hydroxyl groups excluding tert-OH is 2. The Morgan fingerprint density at radius 3 is 1.44 bits per heavy atom. The SMILES string of the molecule is CC/C=C\C/C=C\C/C=C\C/C=C\C/C=C\CCCC(CC(=O)NC(CO)C(O)CCCCCCCCCCC)OC(=O)CCCCCCC/C=C/C=C/C=C/CCCCCCC. The van der Waals surface area contributed by atoms with Gasteiger partial charge in [-0.05, 0) is 89.9 Å². The Balaban J connectivity index is 4.74. The van der Waals surface area contributed by atoms with Gasteiger partial charge in [0.15, 0.2) is 0 Å². The Labute approximate surface area is 388 Å². The lowest BCUT2D eigenvalue weighted by atomic mass is 10.0. The summed E-state index contributed by atoms with van der Waals surface area (Å²) in [5.41, 5.74) is 0. The minimum Gasteiger partial charge on any atom is -0.462 e. The maximum absolute atomic E-state index is 13.2. The molecule has 0 saturated heterocycles. The molecule has 0 saturated carbocycles. The van der Waals surface area contributed by atoms with E-state index in [1.165, 1.54) is 70.6 Å². The number of esters is 1. The maximum atomic E-state index is 13.2. The Bertz CT molecular complexity index is 1260. The fraction of sp³-hybridized carbons (Fsp3) is 0.684. The molecule has 63 heavy (non-hydrogen) atoms. The number of carbonyl (C=O) groups is 2. The number of hydrogen-bond acceptors (Lipinski definition) is 5. The summed E-state index contributed by atoms with van der Waals surface area (Å²) in [4.78, 5) is 26.1. The van der Waals surface area contributed by atoms with E-state index in [2.05, 4.69) is 123 Å². The van der Waals surface area contributed by atoms with E-state index in [1.807, 2.05) is 0 Å². The van der Waals surface area contributed by atoms with Crippen LogP contribution >= 0.6 is 0 Å². The van der Waals surface area contributed by atoms with E-state index in [0.717, 1.165) is 109 Å². The molecule has 0 rings (SSSR count). The fourth-order valence-corrected chi connectivity index (χ4v) is 7.29. The minimum absolute atomic E-state index is 0.0246. The van der Waals surface area contributed by atoms with E-state index in [9.17, 15) is 19.8 Å². The summed E-state index contributed by atoms with van der Waals surface area (Å²) in [5.74, 6) is -0.561.